The first-order valence-corrected chi connectivity index (χ1v) is 6.96. The summed E-state index contributed by atoms with van der Waals surface area (Å²) in [6.45, 7) is 3.21. The third-order valence-electron chi connectivity index (χ3n) is 3.19. The van der Waals surface area contributed by atoms with Crippen molar-refractivity contribution in [2.45, 2.75) is 49.9 Å². The Bertz CT molecular complexity index is 234. The lowest BCUT2D eigenvalue weighted by atomic mass is 10.0. The van der Waals surface area contributed by atoms with E-state index in [1.54, 1.807) is 0 Å². The van der Waals surface area contributed by atoms with Crippen LogP contribution in [-0.2, 0) is 4.79 Å². The van der Waals surface area contributed by atoms with Gasteiger partial charge in [0.1, 0.15) is 0 Å². The minimum absolute atomic E-state index is 0. The molecule has 94 valence electrons. The maximum Gasteiger partial charge on any atom is 0.233 e. The molecule has 0 radical (unpaired) electrons. The van der Waals surface area contributed by atoms with Crippen LogP contribution < -0.4 is 10.6 Å². The predicted octanol–water partition coefficient (Wildman–Crippen LogP) is 1.56. The van der Waals surface area contributed by atoms with Crippen LogP contribution in [0.2, 0.25) is 0 Å². The van der Waals surface area contributed by atoms with Crippen LogP contribution in [-0.4, -0.2) is 35.5 Å². The van der Waals surface area contributed by atoms with Crippen molar-refractivity contribution in [2.24, 2.45) is 0 Å². The second kappa shape index (κ2) is 6.72. The average Bonchev–Trinajstić information content (AvgIpc) is 2.70. The van der Waals surface area contributed by atoms with Gasteiger partial charge in [0.25, 0.3) is 0 Å². The molecular weight excluding hydrogens is 244 g/mol. The van der Waals surface area contributed by atoms with Gasteiger partial charge in [-0.05, 0) is 44.9 Å². The Hall–Kier alpha value is 0.0700. The minimum atomic E-state index is 0. The number of carbonyl (C=O) groups excluding carboxylic acids is 1. The maximum atomic E-state index is 11.9. The number of thioether (sulfide) groups is 1. The molecule has 2 saturated heterocycles. The van der Waals surface area contributed by atoms with E-state index in [1.807, 2.05) is 11.8 Å². The fourth-order valence-corrected chi connectivity index (χ4v) is 3.51. The van der Waals surface area contributed by atoms with Crippen molar-refractivity contribution < 1.29 is 4.79 Å². The van der Waals surface area contributed by atoms with Crippen molar-refractivity contribution in [3.63, 3.8) is 0 Å². The normalized spacial score (nSPS) is 34.2. The number of carbonyl (C=O) groups is 1. The van der Waals surface area contributed by atoms with Crippen LogP contribution in [0.1, 0.15) is 32.6 Å². The molecular formula is C11H21ClN2OS. The van der Waals surface area contributed by atoms with E-state index < -0.39 is 0 Å². The van der Waals surface area contributed by atoms with Gasteiger partial charge in [0.15, 0.2) is 0 Å². The molecule has 3 atom stereocenters. The van der Waals surface area contributed by atoms with Crippen molar-refractivity contribution in [3.05, 3.63) is 0 Å². The molecule has 2 heterocycles. The summed E-state index contributed by atoms with van der Waals surface area (Å²) in [6.07, 6.45) is 4.42. The Morgan fingerprint density at radius 3 is 2.88 bits per heavy atom. The molecule has 3 nitrogen and oxygen atoms in total. The molecule has 2 fully saturated rings. The number of halogens is 1. The summed E-state index contributed by atoms with van der Waals surface area (Å²) >= 11 is 1.81. The summed E-state index contributed by atoms with van der Waals surface area (Å²) in [5.74, 6) is 1.43. The first-order valence-electron chi connectivity index (χ1n) is 5.91. The van der Waals surface area contributed by atoms with Gasteiger partial charge in [0.05, 0.1) is 5.25 Å². The van der Waals surface area contributed by atoms with Crippen LogP contribution in [0.3, 0.4) is 0 Å². The minimum Gasteiger partial charge on any atom is -0.352 e. The average molecular weight is 265 g/mol. The van der Waals surface area contributed by atoms with Gasteiger partial charge in [0.2, 0.25) is 5.91 Å². The van der Waals surface area contributed by atoms with Crippen molar-refractivity contribution in [1.29, 1.82) is 0 Å². The zero-order valence-corrected chi connectivity index (χ0v) is 11.3. The monoisotopic (exact) mass is 264 g/mol. The maximum absolute atomic E-state index is 11.9. The third kappa shape index (κ3) is 3.82. The van der Waals surface area contributed by atoms with Crippen LogP contribution in [0.25, 0.3) is 0 Å². The molecule has 2 aliphatic rings. The van der Waals surface area contributed by atoms with E-state index in [9.17, 15) is 4.79 Å². The Morgan fingerprint density at radius 2 is 2.25 bits per heavy atom. The van der Waals surface area contributed by atoms with Gasteiger partial charge in [-0.15, -0.1) is 24.2 Å². The molecule has 5 heteroatoms. The Balaban J connectivity index is 0.00000128. The number of nitrogens with one attached hydrogen (secondary N) is 2. The van der Waals surface area contributed by atoms with E-state index in [0.717, 1.165) is 31.6 Å². The molecule has 3 unspecified atom stereocenters. The van der Waals surface area contributed by atoms with Gasteiger partial charge in [-0.3, -0.25) is 4.79 Å². The molecule has 0 aliphatic carbocycles. The van der Waals surface area contributed by atoms with Gasteiger partial charge in [-0.2, -0.15) is 0 Å². The van der Waals surface area contributed by atoms with Crippen molar-refractivity contribution >= 4 is 30.1 Å². The van der Waals surface area contributed by atoms with Crippen molar-refractivity contribution in [1.82, 2.24) is 10.6 Å². The summed E-state index contributed by atoms with van der Waals surface area (Å²) in [4.78, 5) is 11.9. The fraction of sp³-hybridized carbons (Fsp3) is 0.909. The molecule has 2 N–H and O–H groups in total. The second-order valence-corrected chi connectivity index (χ2v) is 5.90. The standard InChI is InChI=1S/C11H20N2OS.ClH/c1-8-7-9(4-5-12-8)13-11(14)10-3-2-6-15-10;/h8-10,12H,2-7H2,1H3,(H,13,14);1H. The molecule has 0 bridgehead atoms. The summed E-state index contributed by atoms with van der Waals surface area (Å²) in [7, 11) is 0. The van der Waals surface area contributed by atoms with E-state index >= 15 is 0 Å². The largest absolute Gasteiger partial charge is 0.352 e. The number of hydrogen-bond donors (Lipinski definition) is 2. The smallest absolute Gasteiger partial charge is 0.233 e. The first-order chi connectivity index (χ1) is 7.25. The Morgan fingerprint density at radius 1 is 1.44 bits per heavy atom. The van der Waals surface area contributed by atoms with Gasteiger partial charge in [0, 0.05) is 12.1 Å². The highest BCUT2D eigenvalue weighted by atomic mass is 35.5. The molecule has 0 aromatic heterocycles. The van der Waals surface area contributed by atoms with E-state index in [2.05, 4.69) is 17.6 Å². The van der Waals surface area contributed by atoms with Gasteiger partial charge in [-0.1, -0.05) is 0 Å². The Labute approximate surface area is 108 Å². The van der Waals surface area contributed by atoms with E-state index in [-0.39, 0.29) is 23.6 Å². The molecule has 0 aromatic rings. The molecule has 0 saturated carbocycles. The van der Waals surface area contributed by atoms with Crippen LogP contribution in [0, 0.1) is 0 Å². The zero-order valence-electron chi connectivity index (χ0n) is 9.70. The first kappa shape index (κ1) is 14.1. The quantitative estimate of drug-likeness (QED) is 0.795. The molecule has 0 aromatic carbocycles. The highest BCUT2D eigenvalue weighted by Crippen LogP contribution is 2.26. The number of amides is 1. The topological polar surface area (TPSA) is 41.1 Å². The fourth-order valence-electron chi connectivity index (χ4n) is 2.34. The highest BCUT2D eigenvalue weighted by molar-refractivity contribution is 8.00. The van der Waals surface area contributed by atoms with Crippen molar-refractivity contribution in [2.75, 3.05) is 12.3 Å². The summed E-state index contributed by atoms with van der Waals surface area (Å²) < 4.78 is 0. The number of hydrogen-bond acceptors (Lipinski definition) is 3. The molecule has 0 spiro atoms. The van der Waals surface area contributed by atoms with Crippen LogP contribution in [0.15, 0.2) is 0 Å². The molecule has 2 aliphatic heterocycles. The Kier molecular flexibility index (Phi) is 5.94. The predicted molar refractivity (Wildman–Crippen MR) is 71.4 cm³/mol. The molecule has 2 rings (SSSR count). The van der Waals surface area contributed by atoms with Crippen LogP contribution >= 0.6 is 24.2 Å². The highest BCUT2D eigenvalue weighted by Gasteiger charge is 2.26. The number of rotatable bonds is 2. The number of piperidine rings is 1. The van der Waals surface area contributed by atoms with Gasteiger partial charge < -0.3 is 10.6 Å². The van der Waals surface area contributed by atoms with Crippen LogP contribution in [0.4, 0.5) is 0 Å². The molecule has 1 amide bonds. The van der Waals surface area contributed by atoms with Gasteiger partial charge >= 0.3 is 0 Å². The second-order valence-electron chi connectivity index (χ2n) is 4.59. The van der Waals surface area contributed by atoms with E-state index in [0.29, 0.717) is 12.1 Å². The lowest BCUT2D eigenvalue weighted by Gasteiger charge is -2.29. The summed E-state index contributed by atoms with van der Waals surface area (Å²) in [6, 6.07) is 0.940. The van der Waals surface area contributed by atoms with E-state index in [4.69, 9.17) is 0 Å². The SMILES string of the molecule is CC1CC(NC(=O)C2CCCS2)CCN1.Cl. The van der Waals surface area contributed by atoms with E-state index in [1.165, 1.54) is 6.42 Å². The third-order valence-corrected chi connectivity index (χ3v) is 4.57. The summed E-state index contributed by atoms with van der Waals surface area (Å²) in [5, 5.41) is 6.82. The summed E-state index contributed by atoms with van der Waals surface area (Å²) in [5.41, 5.74) is 0. The zero-order chi connectivity index (χ0) is 10.7. The lowest BCUT2D eigenvalue weighted by molar-refractivity contribution is -0.121. The van der Waals surface area contributed by atoms with Gasteiger partial charge in [-0.25, -0.2) is 0 Å². The van der Waals surface area contributed by atoms with Crippen molar-refractivity contribution in [3.8, 4) is 0 Å². The molecule has 16 heavy (non-hydrogen) atoms. The lowest BCUT2D eigenvalue weighted by Crippen LogP contribution is -2.48. The van der Waals surface area contributed by atoms with Crippen LogP contribution in [0.5, 0.6) is 0 Å².